The van der Waals surface area contributed by atoms with Crippen LogP contribution >= 0.6 is 0 Å². The molecule has 1 heterocycles. The molecular weight excluding hydrogens is 478 g/mol. The average molecular weight is 498 g/mol. The van der Waals surface area contributed by atoms with Gasteiger partial charge < -0.3 is 0 Å². The van der Waals surface area contributed by atoms with Crippen molar-refractivity contribution in [3.63, 3.8) is 0 Å². The summed E-state index contributed by atoms with van der Waals surface area (Å²) in [6.07, 6.45) is -8.48. The Labute approximate surface area is 202 Å². The minimum Gasteiger partial charge on any atom is -0.236 e. The second-order valence-corrected chi connectivity index (χ2v) is 9.80. The number of nitrogens with zero attached hydrogens (tertiary/aromatic N) is 2. The van der Waals surface area contributed by atoms with Gasteiger partial charge in [-0.25, -0.2) is 9.97 Å². The number of halogens is 6. The molecule has 0 saturated heterocycles. The maximum Gasteiger partial charge on any atom is 0.419 e. The molecule has 0 atom stereocenters. The van der Waals surface area contributed by atoms with E-state index in [1.54, 1.807) is 0 Å². The van der Waals surface area contributed by atoms with Crippen LogP contribution in [0.5, 0.6) is 0 Å². The molecule has 5 aromatic rings. The minimum absolute atomic E-state index is 0.0341. The molecule has 0 bridgehead atoms. The van der Waals surface area contributed by atoms with Crippen molar-refractivity contribution < 1.29 is 26.3 Å². The van der Waals surface area contributed by atoms with Crippen molar-refractivity contribution in [1.82, 2.24) is 9.97 Å². The molecule has 0 saturated carbocycles. The van der Waals surface area contributed by atoms with Crippen LogP contribution in [-0.4, -0.2) is 9.97 Å². The third-order valence-corrected chi connectivity index (χ3v) is 6.30. The van der Waals surface area contributed by atoms with Gasteiger partial charge in [-0.1, -0.05) is 51.1 Å². The topological polar surface area (TPSA) is 25.8 Å². The number of hydrogen-bond acceptors (Lipinski definition) is 2. The first kappa shape index (κ1) is 24.0. The fourth-order valence-corrected chi connectivity index (χ4v) is 4.69. The summed E-state index contributed by atoms with van der Waals surface area (Å²) in [5.74, 6) is 0. The quantitative estimate of drug-likeness (QED) is 0.170. The van der Waals surface area contributed by atoms with E-state index in [4.69, 9.17) is 0 Å². The van der Waals surface area contributed by atoms with Crippen molar-refractivity contribution in [3.05, 3.63) is 83.7 Å². The maximum absolute atomic E-state index is 14.3. The van der Waals surface area contributed by atoms with Crippen molar-refractivity contribution in [2.75, 3.05) is 0 Å². The number of alkyl halides is 6. The highest BCUT2D eigenvalue weighted by molar-refractivity contribution is 6.06. The van der Waals surface area contributed by atoms with Crippen LogP contribution in [-0.2, 0) is 17.8 Å². The van der Waals surface area contributed by atoms with Crippen LogP contribution in [0.15, 0.2) is 67.0 Å². The van der Waals surface area contributed by atoms with Crippen LogP contribution in [0.2, 0.25) is 0 Å². The van der Waals surface area contributed by atoms with Crippen molar-refractivity contribution in [1.29, 1.82) is 0 Å². The van der Waals surface area contributed by atoms with Gasteiger partial charge in [0.25, 0.3) is 0 Å². The molecular formula is C28H20F6N2. The Morgan fingerprint density at radius 1 is 0.639 bits per heavy atom. The third-order valence-electron chi connectivity index (χ3n) is 6.30. The Morgan fingerprint density at radius 2 is 1.36 bits per heavy atom. The van der Waals surface area contributed by atoms with E-state index in [2.05, 4.69) is 9.97 Å². The molecule has 0 aliphatic rings. The molecule has 0 amide bonds. The zero-order valence-corrected chi connectivity index (χ0v) is 19.5. The first-order valence-electron chi connectivity index (χ1n) is 11.1. The number of rotatable bonds is 1. The molecule has 8 heteroatoms. The Bertz CT molecular complexity index is 1640. The standard InChI is InChI=1S/C28H20F6N2/c1-26(2,3)22-13-17(10-15-6-4-5-7-19(15)22)24-21-12-16-11-18(27(29,30)31)8-9-20(16)23(28(32,33)34)25(21)36-14-35-24/h4-14H,1-3H3. The minimum atomic E-state index is -4.84. The van der Waals surface area contributed by atoms with Gasteiger partial charge >= 0.3 is 12.4 Å². The zero-order chi connectivity index (χ0) is 26.0. The molecule has 0 aliphatic heterocycles. The van der Waals surface area contributed by atoms with Crippen molar-refractivity contribution in [3.8, 4) is 11.3 Å². The van der Waals surface area contributed by atoms with Crippen LogP contribution in [0.4, 0.5) is 26.3 Å². The van der Waals surface area contributed by atoms with Crippen LogP contribution in [0.3, 0.4) is 0 Å². The third kappa shape index (κ3) is 4.04. The lowest BCUT2D eigenvalue weighted by atomic mass is 9.82. The van der Waals surface area contributed by atoms with Gasteiger partial charge in [0, 0.05) is 10.9 Å². The molecule has 0 fully saturated rings. The summed E-state index contributed by atoms with van der Waals surface area (Å²) in [4.78, 5) is 8.24. The lowest BCUT2D eigenvalue weighted by Crippen LogP contribution is -2.12. The molecule has 2 nitrogen and oxygen atoms in total. The van der Waals surface area contributed by atoms with Crippen LogP contribution in [0, 0.1) is 0 Å². The largest absolute Gasteiger partial charge is 0.419 e. The van der Waals surface area contributed by atoms with Crippen LogP contribution < -0.4 is 0 Å². The van der Waals surface area contributed by atoms with E-state index in [0.29, 0.717) is 11.6 Å². The predicted molar refractivity (Wildman–Crippen MR) is 129 cm³/mol. The van der Waals surface area contributed by atoms with Gasteiger partial charge in [-0.2, -0.15) is 26.3 Å². The van der Waals surface area contributed by atoms with Crippen molar-refractivity contribution in [2.45, 2.75) is 38.5 Å². The first-order valence-corrected chi connectivity index (χ1v) is 11.1. The predicted octanol–water partition coefficient (Wildman–Crippen LogP) is 8.94. The molecule has 0 spiro atoms. The Hall–Kier alpha value is -3.68. The number of fused-ring (bicyclic) bond motifs is 3. The molecule has 184 valence electrons. The lowest BCUT2D eigenvalue weighted by molar-refractivity contribution is -0.137. The molecule has 0 unspecified atom stereocenters. The monoisotopic (exact) mass is 498 g/mol. The zero-order valence-electron chi connectivity index (χ0n) is 19.5. The summed E-state index contributed by atoms with van der Waals surface area (Å²) < 4.78 is 82.9. The molecule has 0 radical (unpaired) electrons. The highest BCUT2D eigenvalue weighted by Crippen LogP contribution is 2.43. The Morgan fingerprint density at radius 3 is 2.03 bits per heavy atom. The summed E-state index contributed by atoms with van der Waals surface area (Å²) in [7, 11) is 0. The van der Waals surface area contributed by atoms with E-state index in [-0.39, 0.29) is 32.8 Å². The fraction of sp³-hybridized carbons (Fsp3) is 0.214. The van der Waals surface area contributed by atoms with E-state index in [9.17, 15) is 26.3 Å². The highest BCUT2D eigenvalue weighted by atomic mass is 19.4. The van der Waals surface area contributed by atoms with Gasteiger partial charge in [-0.15, -0.1) is 0 Å². The fourth-order valence-electron chi connectivity index (χ4n) is 4.69. The number of benzene rings is 4. The maximum atomic E-state index is 14.3. The molecule has 36 heavy (non-hydrogen) atoms. The lowest BCUT2D eigenvalue weighted by Gasteiger charge is -2.23. The van der Waals surface area contributed by atoms with Crippen LogP contribution in [0.25, 0.3) is 43.7 Å². The molecule has 1 aromatic heterocycles. The van der Waals surface area contributed by atoms with Gasteiger partial charge in [0.05, 0.1) is 22.3 Å². The van der Waals surface area contributed by atoms with Crippen LogP contribution in [0.1, 0.15) is 37.5 Å². The van der Waals surface area contributed by atoms with E-state index in [1.807, 2.05) is 57.2 Å². The summed E-state index contributed by atoms with van der Waals surface area (Å²) in [6.45, 7) is 6.10. The second-order valence-electron chi connectivity index (χ2n) is 9.80. The summed E-state index contributed by atoms with van der Waals surface area (Å²) >= 11 is 0. The molecule has 5 rings (SSSR count). The highest BCUT2D eigenvalue weighted by Gasteiger charge is 2.37. The van der Waals surface area contributed by atoms with Crippen molar-refractivity contribution in [2.24, 2.45) is 0 Å². The van der Waals surface area contributed by atoms with E-state index in [0.717, 1.165) is 34.8 Å². The SMILES string of the molecule is CC(C)(C)c1cc(-c2ncnc3c(C(F)(F)F)c4ccc(C(F)(F)F)cc4cc23)cc2ccccc12. The van der Waals surface area contributed by atoms with E-state index < -0.39 is 23.5 Å². The summed E-state index contributed by atoms with van der Waals surface area (Å²) in [6, 6.07) is 14.9. The number of hydrogen-bond donors (Lipinski definition) is 0. The molecule has 4 aromatic carbocycles. The summed E-state index contributed by atoms with van der Waals surface area (Å²) in [5, 5.41) is 1.39. The number of aromatic nitrogens is 2. The average Bonchev–Trinajstić information content (AvgIpc) is 2.79. The normalized spacial score (nSPS) is 13.1. The van der Waals surface area contributed by atoms with Gasteiger partial charge in [0.1, 0.15) is 6.33 Å². The van der Waals surface area contributed by atoms with Gasteiger partial charge in [-0.05, 0) is 62.9 Å². The van der Waals surface area contributed by atoms with Gasteiger partial charge in [0.2, 0.25) is 0 Å². The van der Waals surface area contributed by atoms with E-state index >= 15 is 0 Å². The molecule has 0 N–H and O–H groups in total. The Balaban J connectivity index is 1.91. The van der Waals surface area contributed by atoms with Gasteiger partial charge in [-0.3, -0.25) is 0 Å². The second kappa shape index (κ2) is 7.91. The smallest absolute Gasteiger partial charge is 0.236 e. The Kier molecular flexibility index (Phi) is 5.28. The van der Waals surface area contributed by atoms with Crippen molar-refractivity contribution >= 4 is 32.4 Å². The molecule has 0 aliphatic carbocycles. The summed E-state index contributed by atoms with van der Waals surface area (Å²) in [5.41, 5.74) is -0.995. The van der Waals surface area contributed by atoms with Gasteiger partial charge in [0.15, 0.2) is 0 Å². The first-order chi connectivity index (χ1) is 16.7. The van der Waals surface area contributed by atoms with E-state index in [1.165, 1.54) is 6.07 Å².